The van der Waals surface area contributed by atoms with Gasteiger partial charge >= 0.3 is 11.9 Å². The molecule has 0 radical (unpaired) electrons. The van der Waals surface area contributed by atoms with Crippen LogP contribution in [0.25, 0.3) is 0 Å². The lowest BCUT2D eigenvalue weighted by atomic mass is 10.2. The molecule has 0 heterocycles. The first-order valence-corrected chi connectivity index (χ1v) is 4.68. The Bertz CT molecular complexity index is 212. The van der Waals surface area contributed by atoms with Crippen molar-refractivity contribution in [3.63, 3.8) is 0 Å². The lowest BCUT2D eigenvalue weighted by Gasteiger charge is -2.21. The molecule has 0 aromatic rings. The minimum Gasteiger partial charge on any atom is -0.480 e. The number of hydrogen-bond donors (Lipinski definition) is 1. The van der Waals surface area contributed by atoms with Gasteiger partial charge in [-0.25, -0.2) is 0 Å². The maximum Gasteiger partial charge on any atom is 0.319 e. The van der Waals surface area contributed by atoms with Gasteiger partial charge in [0.25, 0.3) is 0 Å². The van der Waals surface area contributed by atoms with Gasteiger partial charge in [-0.05, 0) is 20.8 Å². The predicted octanol–water partition coefficient (Wildman–Crippen LogP) is 1.14. The summed E-state index contributed by atoms with van der Waals surface area (Å²) in [6.45, 7) is 4.74. The number of methoxy groups -OCH3 is 1. The Balaban J connectivity index is 4.27. The largest absolute Gasteiger partial charge is 0.480 e. The Morgan fingerprint density at radius 3 is 2.23 bits per heavy atom. The second-order valence-corrected chi connectivity index (χ2v) is 5.06. The zero-order valence-electron chi connectivity index (χ0n) is 8.16. The van der Waals surface area contributed by atoms with Gasteiger partial charge in [0, 0.05) is 0 Å². The first kappa shape index (κ1) is 12.3. The number of thioether (sulfide) groups is 1. The van der Waals surface area contributed by atoms with E-state index in [2.05, 4.69) is 4.74 Å². The third kappa shape index (κ3) is 3.67. The van der Waals surface area contributed by atoms with Gasteiger partial charge in [-0.3, -0.25) is 9.59 Å². The average Bonchev–Trinajstić information content (AvgIpc) is 2.01. The van der Waals surface area contributed by atoms with Crippen LogP contribution in [-0.2, 0) is 14.3 Å². The number of carbonyl (C=O) groups excluding carboxylic acids is 1. The second kappa shape index (κ2) is 4.50. The van der Waals surface area contributed by atoms with Crippen LogP contribution in [0.2, 0.25) is 0 Å². The van der Waals surface area contributed by atoms with E-state index in [-0.39, 0.29) is 0 Å². The molecule has 0 aromatic heterocycles. The highest BCUT2D eigenvalue weighted by Gasteiger charge is 2.32. The van der Waals surface area contributed by atoms with Crippen LogP contribution >= 0.6 is 11.8 Å². The van der Waals surface area contributed by atoms with E-state index in [9.17, 15) is 9.59 Å². The summed E-state index contributed by atoms with van der Waals surface area (Å²) in [5.74, 6) is -1.34. The number of aliphatic carboxylic acids is 1. The monoisotopic (exact) mass is 206 g/mol. The lowest BCUT2D eigenvalue weighted by molar-refractivity contribution is -0.139. The summed E-state index contributed by atoms with van der Waals surface area (Å²) < 4.78 is 3.52. The molecule has 0 saturated heterocycles. The molecule has 4 nitrogen and oxygen atoms in total. The fourth-order valence-corrected chi connectivity index (χ4v) is 1.88. The molecule has 0 amide bonds. The van der Waals surface area contributed by atoms with Gasteiger partial charge in [0.2, 0.25) is 0 Å². The van der Waals surface area contributed by atoms with Gasteiger partial charge in [0.15, 0.2) is 0 Å². The number of carbonyl (C=O) groups is 2. The van der Waals surface area contributed by atoms with Crippen LogP contribution in [0.5, 0.6) is 0 Å². The van der Waals surface area contributed by atoms with E-state index in [1.54, 1.807) is 20.8 Å². The average molecular weight is 206 g/mol. The fraction of sp³-hybridized carbons (Fsp3) is 0.750. The Labute approximate surface area is 81.6 Å². The van der Waals surface area contributed by atoms with Crippen LogP contribution < -0.4 is 0 Å². The maximum absolute atomic E-state index is 11.0. The number of rotatable bonds is 4. The maximum atomic E-state index is 11.0. The van der Waals surface area contributed by atoms with E-state index in [1.807, 2.05) is 0 Å². The van der Waals surface area contributed by atoms with Crippen molar-refractivity contribution in [2.75, 3.05) is 7.11 Å². The lowest BCUT2D eigenvalue weighted by Crippen LogP contribution is -2.32. The Hall–Kier alpha value is -0.710. The summed E-state index contributed by atoms with van der Waals surface area (Å²) in [4.78, 5) is 21.7. The van der Waals surface area contributed by atoms with Crippen LogP contribution in [0.3, 0.4) is 0 Å². The standard InChI is InChI=1S/C8H14O4S/c1-5(6(9)12-4)13-8(2,3)7(10)11/h5H,1-4H3,(H,10,11). The highest BCUT2D eigenvalue weighted by Crippen LogP contribution is 2.29. The highest BCUT2D eigenvalue weighted by molar-refractivity contribution is 8.02. The van der Waals surface area contributed by atoms with Gasteiger partial charge in [0.1, 0.15) is 10.00 Å². The smallest absolute Gasteiger partial charge is 0.319 e. The molecule has 5 heteroatoms. The number of carboxylic acids is 1. The summed E-state index contributed by atoms with van der Waals surface area (Å²) >= 11 is 1.07. The molecule has 0 saturated carbocycles. The summed E-state index contributed by atoms with van der Waals surface area (Å²) in [6, 6.07) is 0. The Morgan fingerprint density at radius 2 is 1.92 bits per heavy atom. The summed E-state index contributed by atoms with van der Waals surface area (Å²) in [7, 11) is 1.28. The van der Waals surface area contributed by atoms with E-state index < -0.39 is 21.9 Å². The molecule has 76 valence electrons. The molecular weight excluding hydrogens is 192 g/mol. The molecule has 1 unspecified atom stereocenters. The van der Waals surface area contributed by atoms with E-state index in [4.69, 9.17) is 5.11 Å². The summed E-state index contributed by atoms with van der Waals surface area (Å²) in [5, 5.41) is 8.31. The molecule has 0 rings (SSSR count). The van der Waals surface area contributed by atoms with Crippen molar-refractivity contribution in [1.29, 1.82) is 0 Å². The normalized spacial score (nSPS) is 13.5. The van der Waals surface area contributed by atoms with E-state index in [1.165, 1.54) is 7.11 Å². The van der Waals surface area contributed by atoms with Crippen LogP contribution in [0, 0.1) is 0 Å². The van der Waals surface area contributed by atoms with Gasteiger partial charge in [-0.15, -0.1) is 11.8 Å². The zero-order chi connectivity index (χ0) is 10.6. The minimum atomic E-state index is -0.965. The summed E-state index contributed by atoms with van der Waals surface area (Å²) in [6.07, 6.45) is 0. The van der Waals surface area contributed by atoms with E-state index in [0.29, 0.717) is 0 Å². The van der Waals surface area contributed by atoms with E-state index in [0.717, 1.165) is 11.8 Å². The Kier molecular flexibility index (Phi) is 4.26. The topological polar surface area (TPSA) is 63.6 Å². The molecule has 0 fully saturated rings. The molecule has 0 aliphatic carbocycles. The number of ether oxygens (including phenoxy) is 1. The molecule has 1 N–H and O–H groups in total. The molecule has 0 aromatic carbocycles. The summed E-state index contributed by atoms with van der Waals surface area (Å²) in [5.41, 5.74) is 0. The van der Waals surface area contributed by atoms with Gasteiger partial charge in [0.05, 0.1) is 7.11 Å². The number of carboxylic acid groups (broad SMARTS) is 1. The predicted molar refractivity (Wildman–Crippen MR) is 50.8 cm³/mol. The molecule has 1 atom stereocenters. The first-order chi connectivity index (χ1) is 5.81. The van der Waals surface area contributed by atoms with Crippen molar-refractivity contribution in [1.82, 2.24) is 0 Å². The third-order valence-corrected chi connectivity index (χ3v) is 2.83. The van der Waals surface area contributed by atoms with Crippen LogP contribution in [0.15, 0.2) is 0 Å². The van der Waals surface area contributed by atoms with Gasteiger partial charge in [-0.2, -0.15) is 0 Å². The SMILES string of the molecule is COC(=O)C(C)SC(C)(C)C(=O)O. The van der Waals surface area contributed by atoms with Crippen LogP contribution in [0.4, 0.5) is 0 Å². The fourth-order valence-electron chi connectivity index (χ4n) is 0.706. The van der Waals surface area contributed by atoms with Crippen LogP contribution in [0.1, 0.15) is 20.8 Å². The molecule has 13 heavy (non-hydrogen) atoms. The molecule has 0 bridgehead atoms. The first-order valence-electron chi connectivity index (χ1n) is 3.80. The van der Waals surface area contributed by atoms with Gasteiger partial charge in [-0.1, -0.05) is 0 Å². The molecular formula is C8H14O4S. The highest BCUT2D eigenvalue weighted by atomic mass is 32.2. The Morgan fingerprint density at radius 1 is 1.46 bits per heavy atom. The second-order valence-electron chi connectivity index (χ2n) is 3.10. The van der Waals surface area contributed by atoms with Crippen molar-refractivity contribution in [3.8, 4) is 0 Å². The van der Waals surface area contributed by atoms with Crippen molar-refractivity contribution < 1.29 is 19.4 Å². The van der Waals surface area contributed by atoms with Crippen molar-refractivity contribution in [2.24, 2.45) is 0 Å². The zero-order valence-corrected chi connectivity index (χ0v) is 8.97. The number of esters is 1. The third-order valence-electron chi connectivity index (χ3n) is 1.52. The van der Waals surface area contributed by atoms with Crippen LogP contribution in [-0.4, -0.2) is 34.2 Å². The van der Waals surface area contributed by atoms with Crippen molar-refractivity contribution in [3.05, 3.63) is 0 Å². The minimum absolute atomic E-state index is 0.403. The molecule has 0 aliphatic rings. The van der Waals surface area contributed by atoms with E-state index >= 15 is 0 Å². The molecule has 0 aliphatic heterocycles. The number of hydrogen-bond acceptors (Lipinski definition) is 4. The van der Waals surface area contributed by atoms with Gasteiger partial charge < -0.3 is 9.84 Å². The molecule has 0 spiro atoms. The quantitative estimate of drug-likeness (QED) is 0.699. The van der Waals surface area contributed by atoms with Crippen molar-refractivity contribution in [2.45, 2.75) is 30.8 Å². The van der Waals surface area contributed by atoms with Crippen molar-refractivity contribution >= 4 is 23.7 Å².